The number of amides is 1. The van der Waals surface area contributed by atoms with Crippen molar-refractivity contribution in [3.8, 4) is 0 Å². The SMILES string of the molecule is CC(C)(C)n1nnnc1C1CC2(CCOCC2)C(=O)N1CCc1nc2ccccc2[nH]1. The summed E-state index contributed by atoms with van der Waals surface area (Å²) in [5.41, 5.74) is 1.31. The Hall–Kier alpha value is -2.81. The molecule has 0 saturated carbocycles. The molecule has 1 aromatic carbocycles. The number of aromatic amines is 1. The van der Waals surface area contributed by atoms with E-state index >= 15 is 0 Å². The zero-order valence-electron chi connectivity index (χ0n) is 18.3. The van der Waals surface area contributed by atoms with Gasteiger partial charge >= 0.3 is 0 Å². The van der Waals surface area contributed by atoms with E-state index in [4.69, 9.17) is 4.74 Å². The Kier molecular flexibility index (Phi) is 4.80. The molecule has 4 heterocycles. The number of ether oxygens (including phenoxy) is 1. The number of H-pyrrole nitrogens is 1. The summed E-state index contributed by atoms with van der Waals surface area (Å²) in [5, 5.41) is 12.6. The number of benzene rings is 1. The van der Waals surface area contributed by atoms with Crippen molar-refractivity contribution < 1.29 is 9.53 Å². The molecule has 2 saturated heterocycles. The van der Waals surface area contributed by atoms with Crippen molar-refractivity contribution >= 4 is 16.9 Å². The van der Waals surface area contributed by atoms with Gasteiger partial charge in [0, 0.05) is 26.2 Å². The lowest BCUT2D eigenvalue weighted by Crippen LogP contribution is -2.40. The summed E-state index contributed by atoms with van der Waals surface area (Å²) in [6.07, 6.45) is 2.88. The number of para-hydroxylation sites is 2. The van der Waals surface area contributed by atoms with Crippen molar-refractivity contribution in [2.24, 2.45) is 5.41 Å². The maximum Gasteiger partial charge on any atom is 0.229 e. The lowest BCUT2D eigenvalue weighted by atomic mass is 9.77. The molecule has 2 aliphatic heterocycles. The molecule has 0 aliphatic carbocycles. The summed E-state index contributed by atoms with van der Waals surface area (Å²) < 4.78 is 7.43. The van der Waals surface area contributed by atoms with Crippen molar-refractivity contribution in [3.05, 3.63) is 35.9 Å². The second kappa shape index (κ2) is 7.40. The number of carbonyl (C=O) groups is 1. The average Bonchev–Trinajstić information content (AvgIpc) is 3.44. The van der Waals surface area contributed by atoms with E-state index in [9.17, 15) is 4.79 Å². The van der Waals surface area contributed by atoms with Crippen LogP contribution in [0.4, 0.5) is 0 Å². The number of nitrogens with one attached hydrogen (secondary N) is 1. The van der Waals surface area contributed by atoms with Crippen LogP contribution in [0.15, 0.2) is 24.3 Å². The molecule has 2 aromatic heterocycles. The molecule has 0 bridgehead atoms. The highest BCUT2D eigenvalue weighted by molar-refractivity contribution is 5.85. The Morgan fingerprint density at radius 3 is 2.74 bits per heavy atom. The first-order chi connectivity index (χ1) is 14.9. The van der Waals surface area contributed by atoms with Gasteiger partial charge in [-0.15, -0.1) is 5.10 Å². The highest BCUT2D eigenvalue weighted by Crippen LogP contribution is 2.49. The Labute approximate surface area is 181 Å². The standard InChI is InChI=1S/C22H29N7O2/c1-21(2,3)29-19(25-26-27-29)17-14-22(9-12-31-13-10-22)20(30)28(17)11-8-18-23-15-6-4-5-7-16(15)24-18/h4-7,17H,8-14H2,1-3H3,(H,23,24). The van der Waals surface area contributed by atoms with Crippen LogP contribution in [0.1, 0.15) is 57.7 Å². The van der Waals surface area contributed by atoms with Crippen molar-refractivity contribution in [2.75, 3.05) is 19.8 Å². The topological polar surface area (TPSA) is 102 Å². The molecule has 1 atom stereocenters. The Morgan fingerprint density at radius 1 is 1.23 bits per heavy atom. The zero-order valence-corrected chi connectivity index (χ0v) is 18.3. The molecule has 31 heavy (non-hydrogen) atoms. The summed E-state index contributed by atoms with van der Waals surface area (Å²) in [6.45, 7) is 8.05. The second-order valence-corrected chi connectivity index (χ2v) is 9.68. The van der Waals surface area contributed by atoms with Gasteiger partial charge in [0.25, 0.3) is 0 Å². The number of rotatable bonds is 4. The Bertz CT molecular complexity index is 1060. The molecule has 1 amide bonds. The highest BCUT2D eigenvalue weighted by atomic mass is 16.5. The van der Waals surface area contributed by atoms with Gasteiger partial charge < -0.3 is 14.6 Å². The Morgan fingerprint density at radius 2 is 2.00 bits per heavy atom. The van der Waals surface area contributed by atoms with Crippen LogP contribution in [-0.4, -0.2) is 60.7 Å². The fraction of sp³-hybridized carbons (Fsp3) is 0.591. The average molecular weight is 424 g/mol. The van der Waals surface area contributed by atoms with Crippen LogP contribution in [-0.2, 0) is 21.5 Å². The van der Waals surface area contributed by atoms with Crippen LogP contribution >= 0.6 is 0 Å². The third kappa shape index (κ3) is 3.50. The molecule has 1 N–H and O–H groups in total. The van der Waals surface area contributed by atoms with Crippen LogP contribution in [0.5, 0.6) is 0 Å². The summed E-state index contributed by atoms with van der Waals surface area (Å²) >= 11 is 0. The van der Waals surface area contributed by atoms with E-state index in [1.807, 2.05) is 33.8 Å². The summed E-state index contributed by atoms with van der Waals surface area (Å²) in [7, 11) is 0. The highest BCUT2D eigenvalue weighted by Gasteiger charge is 2.53. The molecule has 5 rings (SSSR count). The van der Waals surface area contributed by atoms with E-state index in [0.717, 1.165) is 41.9 Å². The minimum Gasteiger partial charge on any atom is -0.381 e. The second-order valence-electron chi connectivity index (χ2n) is 9.68. The lowest BCUT2D eigenvalue weighted by molar-refractivity contribution is -0.141. The zero-order chi connectivity index (χ0) is 21.6. The number of likely N-dealkylation sites (tertiary alicyclic amines) is 1. The van der Waals surface area contributed by atoms with Crippen LogP contribution in [0, 0.1) is 5.41 Å². The van der Waals surface area contributed by atoms with E-state index in [2.05, 4.69) is 46.3 Å². The maximum atomic E-state index is 13.7. The predicted molar refractivity (Wildman–Crippen MR) is 114 cm³/mol. The number of hydrogen-bond donors (Lipinski definition) is 1. The summed E-state index contributed by atoms with van der Waals surface area (Å²) in [4.78, 5) is 23.7. The first-order valence-corrected chi connectivity index (χ1v) is 11.0. The van der Waals surface area contributed by atoms with E-state index in [0.29, 0.717) is 26.2 Å². The van der Waals surface area contributed by atoms with E-state index < -0.39 is 0 Å². The summed E-state index contributed by atoms with van der Waals surface area (Å²) in [6, 6.07) is 7.83. The van der Waals surface area contributed by atoms with Gasteiger partial charge in [-0.3, -0.25) is 4.79 Å². The van der Waals surface area contributed by atoms with Crippen molar-refractivity contribution in [1.29, 1.82) is 0 Å². The third-order valence-corrected chi connectivity index (χ3v) is 6.58. The quantitative estimate of drug-likeness (QED) is 0.692. The van der Waals surface area contributed by atoms with E-state index in [-0.39, 0.29) is 22.9 Å². The van der Waals surface area contributed by atoms with Gasteiger partial charge in [-0.2, -0.15) is 0 Å². The van der Waals surface area contributed by atoms with Crippen LogP contribution in [0.3, 0.4) is 0 Å². The molecule has 164 valence electrons. The van der Waals surface area contributed by atoms with E-state index in [1.165, 1.54) is 0 Å². The molecule has 1 unspecified atom stereocenters. The van der Waals surface area contributed by atoms with Gasteiger partial charge in [-0.25, -0.2) is 9.67 Å². The van der Waals surface area contributed by atoms with Crippen LogP contribution in [0.25, 0.3) is 11.0 Å². The first kappa shape index (κ1) is 20.1. The largest absolute Gasteiger partial charge is 0.381 e. The third-order valence-electron chi connectivity index (χ3n) is 6.58. The number of tetrazole rings is 1. The van der Waals surface area contributed by atoms with Crippen LogP contribution < -0.4 is 0 Å². The molecule has 3 aromatic rings. The molecule has 2 aliphatic rings. The Balaban J connectivity index is 1.46. The molecule has 9 nitrogen and oxygen atoms in total. The molecular weight excluding hydrogens is 394 g/mol. The monoisotopic (exact) mass is 423 g/mol. The van der Waals surface area contributed by atoms with Crippen molar-refractivity contribution in [3.63, 3.8) is 0 Å². The van der Waals surface area contributed by atoms with Gasteiger partial charge in [0.1, 0.15) is 5.82 Å². The number of imidazole rings is 1. The van der Waals surface area contributed by atoms with Crippen molar-refractivity contribution in [2.45, 2.75) is 58.0 Å². The van der Waals surface area contributed by atoms with Crippen LogP contribution in [0.2, 0.25) is 0 Å². The van der Waals surface area contributed by atoms with Gasteiger partial charge in [0.15, 0.2) is 5.82 Å². The van der Waals surface area contributed by atoms with Gasteiger partial charge in [-0.1, -0.05) is 12.1 Å². The minimum absolute atomic E-state index is 0.149. The fourth-order valence-corrected chi connectivity index (χ4v) is 4.91. The van der Waals surface area contributed by atoms with Gasteiger partial charge in [-0.05, 0) is 62.6 Å². The number of nitrogens with zero attached hydrogens (tertiary/aromatic N) is 6. The molecule has 0 radical (unpaired) electrons. The smallest absolute Gasteiger partial charge is 0.229 e. The molecular formula is C22H29N7O2. The predicted octanol–water partition coefficient (Wildman–Crippen LogP) is 2.62. The van der Waals surface area contributed by atoms with E-state index in [1.54, 1.807) is 0 Å². The number of carbonyl (C=O) groups excluding carboxylic acids is 1. The maximum absolute atomic E-state index is 13.7. The molecule has 9 heteroatoms. The van der Waals surface area contributed by atoms with Crippen molar-refractivity contribution in [1.82, 2.24) is 35.1 Å². The number of aromatic nitrogens is 6. The normalized spacial score (nSPS) is 21.5. The fourth-order valence-electron chi connectivity index (χ4n) is 4.91. The minimum atomic E-state index is -0.383. The first-order valence-electron chi connectivity index (χ1n) is 11.0. The number of hydrogen-bond acceptors (Lipinski definition) is 6. The van der Waals surface area contributed by atoms with Gasteiger partial charge in [0.2, 0.25) is 5.91 Å². The molecule has 2 fully saturated rings. The number of fused-ring (bicyclic) bond motifs is 1. The van der Waals surface area contributed by atoms with Gasteiger partial charge in [0.05, 0.1) is 28.0 Å². The summed E-state index contributed by atoms with van der Waals surface area (Å²) in [5.74, 6) is 1.84. The molecule has 1 spiro atoms. The lowest BCUT2D eigenvalue weighted by Gasteiger charge is -2.31.